The van der Waals surface area contributed by atoms with E-state index >= 15 is 0 Å². The molecule has 0 aliphatic heterocycles. The molecule has 0 fully saturated rings. The first-order valence-electron chi connectivity index (χ1n) is 28.3. The van der Waals surface area contributed by atoms with Gasteiger partial charge in [0.15, 0.2) is 0 Å². The number of nitrogens with zero attached hydrogens (tertiary/aromatic N) is 1. The molecule has 1 radical (unpaired) electrons. The summed E-state index contributed by atoms with van der Waals surface area (Å²) in [6.07, 6.45) is 1.21. The van der Waals surface area contributed by atoms with E-state index in [2.05, 4.69) is 275 Å². The number of hydrogen-bond donors (Lipinski definition) is 0. The normalized spacial score (nSPS) is 14.5. The molecule has 4 rings (SSSR count). The average molecular weight is 1050 g/mol. The van der Waals surface area contributed by atoms with Gasteiger partial charge in [0, 0.05) is 22.2 Å². The lowest BCUT2D eigenvalue weighted by molar-refractivity contribution is 0.583. The van der Waals surface area contributed by atoms with Crippen LogP contribution in [-0.2, 0) is 0 Å². The van der Waals surface area contributed by atoms with Crippen LogP contribution in [-0.4, -0.2) is 43.5 Å². The number of hydrogen-bond acceptors (Lipinski definition) is 1. The van der Waals surface area contributed by atoms with E-state index < -0.39 is 49.2 Å². The highest BCUT2D eigenvalue weighted by molar-refractivity contribution is 7.84. The van der Waals surface area contributed by atoms with E-state index in [1.165, 1.54) is 27.6 Å². The van der Waals surface area contributed by atoms with Crippen molar-refractivity contribution in [1.82, 2.24) is 4.44 Å². The summed E-state index contributed by atoms with van der Waals surface area (Å²) in [6.45, 7) is 62.6. The molecule has 4 aromatic carbocycles. The smallest absolute Gasteiger partial charge is 0.0942 e. The lowest BCUT2D eigenvalue weighted by Crippen LogP contribution is -2.56. The number of benzene rings is 4. The second kappa shape index (κ2) is 25.4. The van der Waals surface area contributed by atoms with Crippen molar-refractivity contribution < 1.29 is 0 Å². The molecule has 2 unspecified atom stereocenters. The molecule has 70 heavy (non-hydrogen) atoms. The molecule has 0 aromatic heterocycles. The van der Waals surface area contributed by atoms with Gasteiger partial charge in [-0.05, 0) is 96.0 Å². The Labute approximate surface area is 442 Å². The summed E-state index contributed by atoms with van der Waals surface area (Å²) in [5.74, 6) is 0. The minimum atomic E-state index is -1.86. The molecule has 0 aliphatic carbocycles. The van der Waals surface area contributed by atoms with Gasteiger partial charge in [0.1, 0.15) is 0 Å². The molecule has 389 valence electrons. The van der Waals surface area contributed by atoms with Gasteiger partial charge in [-0.1, -0.05) is 289 Å². The van der Waals surface area contributed by atoms with Crippen molar-refractivity contribution in [2.24, 2.45) is 0 Å². The summed E-state index contributed by atoms with van der Waals surface area (Å²) in [5, 5.41) is 10.8. The third-order valence-electron chi connectivity index (χ3n) is 18.0. The van der Waals surface area contributed by atoms with Gasteiger partial charge in [0.25, 0.3) is 0 Å². The van der Waals surface area contributed by atoms with Crippen molar-refractivity contribution in [3.05, 3.63) is 103 Å². The zero-order valence-electron chi connectivity index (χ0n) is 49.8. The Balaban J connectivity index is 2.15. The summed E-state index contributed by atoms with van der Waals surface area (Å²) >= 11 is 0. The van der Waals surface area contributed by atoms with Gasteiger partial charge in [-0.15, -0.1) is 0 Å². The van der Waals surface area contributed by atoms with Crippen molar-refractivity contribution in [2.75, 3.05) is 0 Å². The highest BCUT2D eigenvalue weighted by Gasteiger charge is 2.47. The predicted molar refractivity (Wildman–Crippen MR) is 336 cm³/mol. The van der Waals surface area contributed by atoms with E-state index in [0.29, 0.717) is 61.5 Å². The van der Waals surface area contributed by atoms with Gasteiger partial charge >= 0.3 is 0 Å². The molecular weight excluding hydrogens is 945 g/mol. The minimum absolute atomic E-state index is 0.303. The van der Waals surface area contributed by atoms with Crippen LogP contribution in [0.3, 0.4) is 0 Å². The quantitative estimate of drug-likeness (QED) is 0.0499. The van der Waals surface area contributed by atoms with E-state index in [0.717, 1.165) is 11.1 Å². The molecule has 0 bridgehead atoms. The minimum Gasteiger partial charge on any atom is -0.242 e. The van der Waals surface area contributed by atoms with Crippen molar-refractivity contribution in [1.29, 1.82) is 0 Å². The Morgan fingerprint density at radius 2 is 0.557 bits per heavy atom. The third kappa shape index (κ3) is 11.7. The summed E-state index contributed by atoms with van der Waals surface area (Å²) in [5.41, 5.74) is 9.69. The maximum Gasteiger partial charge on any atom is 0.0942 e. The van der Waals surface area contributed by atoms with Crippen LogP contribution >= 0.6 is 16.1 Å². The van der Waals surface area contributed by atoms with E-state index in [-0.39, 0.29) is 0 Å². The summed E-state index contributed by atoms with van der Waals surface area (Å²) in [4.78, 5) is 0. The lowest BCUT2D eigenvalue weighted by Gasteiger charge is -2.45. The first-order chi connectivity index (χ1) is 32.6. The van der Waals surface area contributed by atoms with Crippen molar-refractivity contribution in [2.45, 2.75) is 252 Å². The van der Waals surface area contributed by atoms with Gasteiger partial charge in [-0.3, -0.25) is 0 Å². The van der Waals surface area contributed by atoms with Crippen LogP contribution in [0.2, 0.25) is 61.0 Å². The standard InChI is InChI=1S/C63H106NP2Si4/c1-26-63(67(44(4)5)45(6)7)55-27-29-56(30-28-55)65(57-31-37-60(38-32-57)68(46(8)9,47(10)11)48(12)13)64(43(2)3)66(58-33-39-61(40-34-58)69(49(14)15,50(16)17)51(18)19)59-35-41-62(42-36-59)70(52(20)21,53(22)23)54(24)25/h27-54,63H,26H2,1-25H3. The highest BCUT2D eigenvalue weighted by Crippen LogP contribution is 2.56. The van der Waals surface area contributed by atoms with Crippen LogP contribution in [0.4, 0.5) is 0 Å². The summed E-state index contributed by atoms with van der Waals surface area (Å²) in [6, 6.07) is 42.0. The van der Waals surface area contributed by atoms with Gasteiger partial charge in [-0.2, -0.15) is 0 Å². The molecule has 0 heterocycles. The van der Waals surface area contributed by atoms with E-state index in [1.807, 2.05) is 0 Å². The Bertz CT molecular complexity index is 2020. The van der Waals surface area contributed by atoms with Crippen LogP contribution in [0.5, 0.6) is 0 Å². The molecule has 0 N–H and O–H groups in total. The lowest BCUT2D eigenvalue weighted by atomic mass is 10.1. The van der Waals surface area contributed by atoms with Crippen LogP contribution in [0.1, 0.15) is 191 Å². The van der Waals surface area contributed by atoms with E-state index in [9.17, 15) is 0 Å². The zero-order chi connectivity index (χ0) is 53.0. The fraction of sp³-hybridized carbons (Fsp3) is 0.619. The zero-order valence-corrected chi connectivity index (χ0v) is 55.6. The van der Waals surface area contributed by atoms with E-state index in [1.54, 1.807) is 21.1 Å². The molecule has 7 heteroatoms. The third-order valence-corrected chi connectivity index (χ3v) is 49.4. The van der Waals surface area contributed by atoms with Crippen molar-refractivity contribution >= 4 is 85.9 Å². The monoisotopic (exact) mass is 1050 g/mol. The van der Waals surface area contributed by atoms with Crippen molar-refractivity contribution in [3.63, 3.8) is 0 Å². The van der Waals surface area contributed by atoms with E-state index in [4.69, 9.17) is 0 Å². The average Bonchev–Trinajstić information content (AvgIpc) is 3.26. The van der Waals surface area contributed by atoms with Crippen LogP contribution < -0.4 is 36.8 Å². The molecule has 2 atom stereocenters. The molecular formula is C63H106NP2Si4. The van der Waals surface area contributed by atoms with Crippen molar-refractivity contribution in [3.8, 4) is 0 Å². The molecule has 1 nitrogen and oxygen atoms in total. The molecule has 0 saturated carbocycles. The Kier molecular flexibility index (Phi) is 22.2. The number of rotatable bonds is 24. The molecule has 0 aliphatic rings. The van der Waals surface area contributed by atoms with Gasteiger partial charge in [0.2, 0.25) is 0 Å². The Hall–Kier alpha value is -1.43. The fourth-order valence-corrected chi connectivity index (χ4v) is 46.4. The first-order valence-corrected chi connectivity index (χ1v) is 39.3. The van der Waals surface area contributed by atoms with Crippen LogP contribution in [0.25, 0.3) is 0 Å². The first kappa shape index (κ1) is 61.1. The highest BCUT2D eigenvalue weighted by atomic mass is 31.2. The molecule has 0 saturated heterocycles. The molecule has 0 spiro atoms. The maximum atomic E-state index is 3.04. The predicted octanol–water partition coefficient (Wildman–Crippen LogP) is 17.8. The molecule has 4 aromatic rings. The SMILES string of the molecule is CCC(c1ccc(P(c2ccc([Si](C(C)C)(C(C)C)C(C)C)cc2)N(C(C)C)P(c2ccc([Si](C(C)C)(C(C)C)C(C)C)cc2)c2ccc([Si](C(C)C)(C(C)C)C(C)C)cc2)cc1)[Si](C(C)C)C(C)C. The largest absolute Gasteiger partial charge is 0.242 e. The fourth-order valence-electron chi connectivity index (χ4n) is 16.0. The van der Waals surface area contributed by atoms with Crippen LogP contribution in [0, 0.1) is 0 Å². The van der Waals surface area contributed by atoms with Gasteiger partial charge < -0.3 is 0 Å². The second-order valence-electron chi connectivity index (χ2n) is 25.2. The second-order valence-corrected chi connectivity index (χ2v) is 51.5. The Morgan fingerprint density at radius 1 is 0.343 bits per heavy atom. The summed E-state index contributed by atoms with van der Waals surface area (Å²) < 4.78 is 3.04. The summed E-state index contributed by atoms with van der Waals surface area (Å²) in [7, 11) is -8.04. The molecule has 0 amide bonds. The van der Waals surface area contributed by atoms with Crippen LogP contribution in [0.15, 0.2) is 97.1 Å². The Morgan fingerprint density at radius 3 is 0.729 bits per heavy atom. The van der Waals surface area contributed by atoms with Gasteiger partial charge in [0.05, 0.1) is 33.0 Å². The maximum absolute atomic E-state index is 3.04. The van der Waals surface area contributed by atoms with Gasteiger partial charge in [-0.25, -0.2) is 4.44 Å². The topological polar surface area (TPSA) is 3.24 Å².